The van der Waals surface area contributed by atoms with Crippen LogP contribution in [-0.4, -0.2) is 66.0 Å². The van der Waals surface area contributed by atoms with Gasteiger partial charge in [-0.2, -0.15) is 0 Å². The molecule has 0 radical (unpaired) electrons. The number of aliphatic hydroxyl groups excluding tert-OH is 1. The summed E-state index contributed by atoms with van der Waals surface area (Å²) in [5, 5.41) is 11.2. The van der Waals surface area contributed by atoms with Crippen molar-refractivity contribution in [3.8, 4) is 11.5 Å². The van der Waals surface area contributed by atoms with E-state index in [1.165, 1.54) is 0 Å². The van der Waals surface area contributed by atoms with E-state index < -0.39 is 17.7 Å². The highest BCUT2D eigenvalue weighted by atomic mass is 16.5. The highest BCUT2D eigenvalue weighted by Crippen LogP contribution is 2.40. The van der Waals surface area contributed by atoms with Crippen LogP contribution in [0.25, 0.3) is 5.76 Å². The van der Waals surface area contributed by atoms with Gasteiger partial charge < -0.3 is 24.4 Å². The lowest BCUT2D eigenvalue weighted by molar-refractivity contribution is -0.140. The number of benzene rings is 2. The predicted molar refractivity (Wildman–Crippen MR) is 137 cm³/mol. The first-order valence-corrected chi connectivity index (χ1v) is 12.0. The number of Topliss-reactive ketones (excluding diaryl/α,β-unsaturated/α-hetero) is 1. The van der Waals surface area contributed by atoms with Crippen LogP contribution in [-0.2, 0) is 9.59 Å². The fraction of sp³-hybridized carbons (Fsp3) is 0.357. The average Bonchev–Trinajstić information content (AvgIpc) is 3.13. The molecule has 0 spiro atoms. The molecular formula is C28H34N2O5. The van der Waals surface area contributed by atoms with Crippen LogP contribution in [0.4, 0.5) is 0 Å². The number of rotatable bonds is 12. The molecule has 1 aliphatic heterocycles. The van der Waals surface area contributed by atoms with Crippen LogP contribution in [0.15, 0.2) is 66.8 Å². The summed E-state index contributed by atoms with van der Waals surface area (Å²) in [7, 11) is 0. The fourth-order valence-corrected chi connectivity index (χ4v) is 4.21. The minimum Gasteiger partial charge on any atom is -0.507 e. The smallest absolute Gasteiger partial charge is 0.295 e. The Bertz CT molecular complexity index is 1070. The molecule has 1 heterocycles. The second-order valence-electron chi connectivity index (χ2n) is 8.15. The molecule has 0 aliphatic carbocycles. The molecule has 1 unspecified atom stereocenters. The van der Waals surface area contributed by atoms with Crippen LogP contribution in [0.3, 0.4) is 0 Å². The molecule has 0 saturated carbocycles. The number of hydrogen-bond donors (Lipinski definition) is 1. The number of nitrogens with zero attached hydrogens (tertiary/aromatic N) is 2. The first-order valence-electron chi connectivity index (χ1n) is 12.0. The first-order chi connectivity index (χ1) is 16.9. The first kappa shape index (κ1) is 26.0. The lowest BCUT2D eigenvalue weighted by atomic mass is 9.95. The van der Waals surface area contributed by atoms with Gasteiger partial charge in [-0.05, 0) is 62.0 Å². The zero-order valence-corrected chi connectivity index (χ0v) is 20.7. The summed E-state index contributed by atoms with van der Waals surface area (Å²) in [6.45, 7) is 13.2. The fourth-order valence-electron chi connectivity index (χ4n) is 4.21. The van der Waals surface area contributed by atoms with Gasteiger partial charge in [0, 0.05) is 18.7 Å². The van der Waals surface area contributed by atoms with Gasteiger partial charge in [-0.25, -0.2) is 0 Å². The van der Waals surface area contributed by atoms with Crippen LogP contribution >= 0.6 is 0 Å². The van der Waals surface area contributed by atoms with Crippen molar-refractivity contribution in [2.75, 3.05) is 39.4 Å². The minimum absolute atomic E-state index is 0.0722. The Kier molecular flexibility index (Phi) is 9.09. The second-order valence-corrected chi connectivity index (χ2v) is 8.15. The van der Waals surface area contributed by atoms with Gasteiger partial charge in [-0.1, -0.05) is 38.6 Å². The Morgan fingerprint density at radius 2 is 1.77 bits per heavy atom. The molecule has 2 aromatic rings. The summed E-state index contributed by atoms with van der Waals surface area (Å²) >= 11 is 0. The van der Waals surface area contributed by atoms with Crippen molar-refractivity contribution in [2.45, 2.75) is 26.8 Å². The van der Waals surface area contributed by atoms with Crippen molar-refractivity contribution in [2.24, 2.45) is 0 Å². The third-order valence-corrected chi connectivity index (χ3v) is 6.07. The van der Waals surface area contributed by atoms with Gasteiger partial charge in [-0.15, -0.1) is 0 Å². The van der Waals surface area contributed by atoms with E-state index in [-0.39, 0.29) is 11.3 Å². The van der Waals surface area contributed by atoms with Crippen LogP contribution in [0.2, 0.25) is 0 Å². The highest BCUT2D eigenvalue weighted by Gasteiger charge is 2.46. The van der Waals surface area contributed by atoms with E-state index >= 15 is 0 Å². The molecular weight excluding hydrogens is 444 g/mol. The monoisotopic (exact) mass is 478 g/mol. The molecule has 0 aromatic heterocycles. The lowest BCUT2D eigenvalue weighted by Crippen LogP contribution is -2.38. The third-order valence-electron chi connectivity index (χ3n) is 6.07. The zero-order chi connectivity index (χ0) is 25.4. The molecule has 35 heavy (non-hydrogen) atoms. The zero-order valence-electron chi connectivity index (χ0n) is 20.7. The normalized spacial score (nSPS) is 17.1. The number of carbonyl (C=O) groups excluding carboxylic acids is 2. The standard InChI is InChI=1S/C28H34N2O5/c1-5-18-35-22-14-12-20(13-15-22)26(31)24-25(21-10-9-11-23(19-21)34-8-4)30(28(33)27(24)32)17-16-29(6-2)7-3/h5,9-15,19,25,31H,1,6-8,16-18H2,2-4H3/b26-24+. The number of ketones is 1. The minimum atomic E-state index is -0.720. The number of hydrogen-bond acceptors (Lipinski definition) is 6. The molecule has 2 aromatic carbocycles. The Morgan fingerprint density at radius 3 is 2.40 bits per heavy atom. The van der Waals surface area contributed by atoms with E-state index in [4.69, 9.17) is 9.47 Å². The molecule has 1 atom stereocenters. The van der Waals surface area contributed by atoms with E-state index in [1.807, 2.05) is 31.2 Å². The maximum Gasteiger partial charge on any atom is 0.295 e. The molecule has 3 rings (SSSR count). The van der Waals surface area contributed by atoms with Crippen molar-refractivity contribution in [1.82, 2.24) is 9.80 Å². The summed E-state index contributed by atoms with van der Waals surface area (Å²) in [4.78, 5) is 30.1. The van der Waals surface area contributed by atoms with Gasteiger partial charge in [0.15, 0.2) is 0 Å². The second kappa shape index (κ2) is 12.2. The number of ether oxygens (including phenoxy) is 2. The van der Waals surface area contributed by atoms with E-state index in [9.17, 15) is 14.7 Å². The van der Waals surface area contributed by atoms with Gasteiger partial charge in [0.25, 0.3) is 11.7 Å². The number of likely N-dealkylation sites (N-methyl/N-ethyl adjacent to an activating group) is 1. The number of aliphatic hydroxyl groups is 1. The average molecular weight is 479 g/mol. The summed E-state index contributed by atoms with van der Waals surface area (Å²) in [5.41, 5.74) is 1.22. The largest absolute Gasteiger partial charge is 0.507 e. The van der Waals surface area contributed by atoms with Crippen molar-refractivity contribution >= 4 is 17.4 Å². The topological polar surface area (TPSA) is 79.3 Å². The molecule has 1 N–H and O–H groups in total. The Balaban J connectivity index is 2.06. The number of amides is 1. The maximum absolute atomic E-state index is 13.2. The summed E-state index contributed by atoms with van der Waals surface area (Å²) in [6.07, 6.45) is 1.64. The Labute approximate surface area is 207 Å². The summed E-state index contributed by atoms with van der Waals surface area (Å²) < 4.78 is 11.2. The van der Waals surface area contributed by atoms with Crippen LogP contribution in [0.5, 0.6) is 11.5 Å². The van der Waals surface area contributed by atoms with Gasteiger partial charge >= 0.3 is 0 Å². The van der Waals surface area contributed by atoms with Crippen molar-refractivity contribution in [3.63, 3.8) is 0 Å². The third kappa shape index (κ3) is 5.92. The van der Waals surface area contributed by atoms with E-state index in [0.717, 1.165) is 13.1 Å². The van der Waals surface area contributed by atoms with Gasteiger partial charge in [0.1, 0.15) is 23.9 Å². The van der Waals surface area contributed by atoms with Crippen molar-refractivity contribution in [3.05, 3.63) is 77.9 Å². The highest BCUT2D eigenvalue weighted by molar-refractivity contribution is 6.46. The number of likely N-dealkylation sites (tertiary alicyclic amines) is 1. The SMILES string of the molecule is C=CCOc1ccc(/C(O)=C2\C(=O)C(=O)N(CCN(CC)CC)C2c2cccc(OCC)c2)cc1. The van der Waals surface area contributed by atoms with E-state index in [1.54, 1.807) is 35.2 Å². The van der Waals surface area contributed by atoms with Gasteiger partial charge in [0.05, 0.1) is 18.2 Å². The summed E-state index contributed by atoms with van der Waals surface area (Å²) in [5.74, 6) is -0.266. The Hall–Kier alpha value is -3.58. The molecule has 1 aliphatic rings. The molecule has 186 valence electrons. The molecule has 1 fully saturated rings. The Morgan fingerprint density at radius 1 is 1.06 bits per heavy atom. The van der Waals surface area contributed by atoms with E-state index in [2.05, 4.69) is 25.3 Å². The van der Waals surface area contributed by atoms with Crippen molar-refractivity contribution in [1.29, 1.82) is 0 Å². The molecule has 7 heteroatoms. The molecule has 7 nitrogen and oxygen atoms in total. The van der Waals surface area contributed by atoms with E-state index in [0.29, 0.717) is 48.9 Å². The van der Waals surface area contributed by atoms with Crippen LogP contribution in [0.1, 0.15) is 37.9 Å². The maximum atomic E-state index is 13.2. The predicted octanol–water partition coefficient (Wildman–Crippen LogP) is 4.41. The number of carbonyl (C=O) groups is 2. The van der Waals surface area contributed by atoms with Crippen LogP contribution in [0, 0.1) is 0 Å². The van der Waals surface area contributed by atoms with Gasteiger partial charge in [-0.3, -0.25) is 9.59 Å². The quantitative estimate of drug-likeness (QED) is 0.211. The molecule has 0 bridgehead atoms. The molecule has 1 saturated heterocycles. The summed E-state index contributed by atoms with van der Waals surface area (Å²) in [6, 6.07) is 13.4. The van der Waals surface area contributed by atoms with Crippen LogP contribution < -0.4 is 9.47 Å². The molecule has 1 amide bonds. The van der Waals surface area contributed by atoms with Crippen molar-refractivity contribution < 1.29 is 24.2 Å². The van der Waals surface area contributed by atoms with Gasteiger partial charge in [0.2, 0.25) is 0 Å². The lowest BCUT2D eigenvalue weighted by Gasteiger charge is -2.28.